The number of rotatable bonds is 1. The van der Waals surface area contributed by atoms with Crippen LogP contribution in [-0.4, -0.2) is 5.78 Å². The lowest BCUT2D eigenvalue weighted by Gasteiger charge is -2.03. The average Bonchev–Trinajstić information content (AvgIpc) is 2.62. The van der Waals surface area contributed by atoms with E-state index in [0.29, 0.717) is 0 Å². The van der Waals surface area contributed by atoms with Gasteiger partial charge in [0.2, 0.25) is 0 Å². The van der Waals surface area contributed by atoms with E-state index in [4.69, 9.17) is 0 Å². The molecule has 0 saturated heterocycles. The first kappa shape index (κ1) is 10.3. The molecule has 2 aromatic carbocycles. The Kier molecular flexibility index (Phi) is 2.15. The summed E-state index contributed by atoms with van der Waals surface area (Å²) < 4.78 is 0. The molecule has 0 unspecified atom stereocenters. The van der Waals surface area contributed by atoms with Crippen molar-refractivity contribution in [2.45, 2.75) is 20.3 Å². The summed E-state index contributed by atoms with van der Waals surface area (Å²) in [7, 11) is 0. The van der Waals surface area contributed by atoms with E-state index >= 15 is 0 Å². The summed E-state index contributed by atoms with van der Waals surface area (Å²) in [4.78, 5) is 12.2. The highest BCUT2D eigenvalue weighted by atomic mass is 16.1. The first-order chi connectivity index (χ1) is 8.20. The van der Waals surface area contributed by atoms with Crippen molar-refractivity contribution < 1.29 is 4.79 Å². The van der Waals surface area contributed by atoms with Gasteiger partial charge in [-0.2, -0.15) is 0 Å². The zero-order valence-corrected chi connectivity index (χ0v) is 10.1. The molecule has 84 valence electrons. The highest BCUT2D eigenvalue weighted by Crippen LogP contribution is 2.37. The van der Waals surface area contributed by atoms with E-state index in [-0.39, 0.29) is 5.78 Å². The van der Waals surface area contributed by atoms with Gasteiger partial charge in [-0.15, -0.1) is 0 Å². The quantitative estimate of drug-likeness (QED) is 0.612. The summed E-state index contributed by atoms with van der Waals surface area (Å²) in [5.41, 5.74) is 6.38. The van der Waals surface area contributed by atoms with Crippen molar-refractivity contribution in [1.82, 2.24) is 0 Å². The Morgan fingerprint density at radius 3 is 2.24 bits per heavy atom. The Labute approximate surface area is 101 Å². The van der Waals surface area contributed by atoms with E-state index < -0.39 is 0 Å². The molecule has 0 radical (unpaired) electrons. The number of fused-ring (bicyclic) bond motifs is 3. The topological polar surface area (TPSA) is 17.1 Å². The van der Waals surface area contributed by atoms with E-state index in [1.54, 1.807) is 0 Å². The normalized spacial score (nSPS) is 12.5. The standard InChI is InChI=1S/C16H14O/c1-3-11-5-7-13-15(9-11)14-8-10(2)4-6-12(14)16(13)17/h4-9H,3H2,1-2H3. The van der Waals surface area contributed by atoms with Gasteiger partial charge in [-0.05, 0) is 30.0 Å². The lowest BCUT2D eigenvalue weighted by molar-refractivity contribution is 0.104. The molecule has 0 amide bonds. The molecular weight excluding hydrogens is 208 g/mol. The second-order valence-electron chi connectivity index (χ2n) is 4.61. The lowest BCUT2D eigenvalue weighted by Crippen LogP contribution is -1.94. The number of hydrogen-bond acceptors (Lipinski definition) is 1. The van der Waals surface area contributed by atoms with Gasteiger partial charge < -0.3 is 0 Å². The molecule has 0 N–H and O–H groups in total. The molecule has 0 fully saturated rings. The van der Waals surface area contributed by atoms with Crippen LogP contribution < -0.4 is 0 Å². The molecule has 0 aromatic heterocycles. The van der Waals surface area contributed by atoms with Crippen molar-refractivity contribution in [1.29, 1.82) is 0 Å². The zero-order chi connectivity index (χ0) is 12.0. The third-order valence-corrected chi connectivity index (χ3v) is 3.45. The molecule has 0 aliphatic heterocycles. The summed E-state index contributed by atoms with van der Waals surface area (Å²) in [5, 5.41) is 0. The van der Waals surface area contributed by atoms with Crippen LogP contribution in [0.2, 0.25) is 0 Å². The minimum atomic E-state index is 0.164. The van der Waals surface area contributed by atoms with Crippen LogP contribution in [0.15, 0.2) is 36.4 Å². The molecule has 17 heavy (non-hydrogen) atoms. The molecule has 0 spiro atoms. The summed E-state index contributed by atoms with van der Waals surface area (Å²) in [6, 6.07) is 12.2. The molecule has 0 heterocycles. The molecule has 1 aliphatic rings. The van der Waals surface area contributed by atoms with Gasteiger partial charge in [-0.25, -0.2) is 0 Å². The van der Waals surface area contributed by atoms with Gasteiger partial charge in [0.15, 0.2) is 5.78 Å². The predicted molar refractivity (Wildman–Crippen MR) is 69.4 cm³/mol. The van der Waals surface area contributed by atoms with Gasteiger partial charge >= 0.3 is 0 Å². The van der Waals surface area contributed by atoms with E-state index in [0.717, 1.165) is 28.7 Å². The predicted octanol–water partition coefficient (Wildman–Crippen LogP) is 3.77. The van der Waals surface area contributed by atoms with Crippen molar-refractivity contribution in [3.8, 4) is 11.1 Å². The molecule has 1 nitrogen and oxygen atoms in total. The molecule has 0 saturated carbocycles. The van der Waals surface area contributed by atoms with Crippen LogP contribution in [0.1, 0.15) is 34.0 Å². The van der Waals surface area contributed by atoms with E-state index in [1.165, 1.54) is 11.1 Å². The van der Waals surface area contributed by atoms with E-state index in [1.807, 2.05) is 18.2 Å². The minimum absolute atomic E-state index is 0.164. The zero-order valence-electron chi connectivity index (χ0n) is 10.1. The van der Waals surface area contributed by atoms with Gasteiger partial charge in [0, 0.05) is 11.1 Å². The molecule has 1 aliphatic carbocycles. The first-order valence-corrected chi connectivity index (χ1v) is 5.99. The van der Waals surface area contributed by atoms with E-state index in [9.17, 15) is 4.79 Å². The van der Waals surface area contributed by atoms with Gasteiger partial charge in [-0.3, -0.25) is 4.79 Å². The Balaban J connectivity index is 2.31. The van der Waals surface area contributed by atoms with Crippen LogP contribution in [0.25, 0.3) is 11.1 Å². The Hall–Kier alpha value is -1.89. The van der Waals surface area contributed by atoms with Gasteiger partial charge in [0.05, 0.1) is 0 Å². The monoisotopic (exact) mass is 222 g/mol. The maximum Gasteiger partial charge on any atom is 0.194 e. The Morgan fingerprint density at radius 2 is 1.53 bits per heavy atom. The van der Waals surface area contributed by atoms with E-state index in [2.05, 4.69) is 32.0 Å². The third-order valence-electron chi connectivity index (χ3n) is 3.45. The highest BCUT2D eigenvalue weighted by Gasteiger charge is 2.26. The van der Waals surface area contributed by atoms with Crippen LogP contribution in [-0.2, 0) is 6.42 Å². The summed E-state index contributed by atoms with van der Waals surface area (Å²) >= 11 is 0. The smallest absolute Gasteiger partial charge is 0.194 e. The maximum absolute atomic E-state index is 12.2. The number of carbonyl (C=O) groups excluding carboxylic acids is 1. The van der Waals surface area contributed by atoms with Crippen LogP contribution in [0.3, 0.4) is 0 Å². The largest absolute Gasteiger partial charge is 0.289 e. The molecule has 0 bridgehead atoms. The summed E-state index contributed by atoms with van der Waals surface area (Å²) in [5.74, 6) is 0.164. The second kappa shape index (κ2) is 3.56. The van der Waals surface area contributed by atoms with Crippen molar-refractivity contribution in [2.75, 3.05) is 0 Å². The first-order valence-electron chi connectivity index (χ1n) is 5.99. The summed E-state index contributed by atoms with van der Waals surface area (Å²) in [6.45, 7) is 4.20. The van der Waals surface area contributed by atoms with Gasteiger partial charge in [0.1, 0.15) is 0 Å². The fourth-order valence-electron chi connectivity index (χ4n) is 2.46. The van der Waals surface area contributed by atoms with Crippen molar-refractivity contribution in [3.63, 3.8) is 0 Å². The molecular formula is C16H14O. The van der Waals surface area contributed by atoms with Crippen LogP contribution in [0.5, 0.6) is 0 Å². The highest BCUT2D eigenvalue weighted by molar-refractivity contribution is 6.21. The number of aryl methyl sites for hydroxylation is 2. The van der Waals surface area contributed by atoms with Gasteiger partial charge in [-0.1, -0.05) is 48.9 Å². The van der Waals surface area contributed by atoms with Crippen molar-refractivity contribution in [2.24, 2.45) is 0 Å². The lowest BCUT2D eigenvalue weighted by atomic mass is 10.0. The second-order valence-corrected chi connectivity index (χ2v) is 4.61. The van der Waals surface area contributed by atoms with Crippen molar-refractivity contribution >= 4 is 5.78 Å². The number of benzene rings is 2. The summed E-state index contributed by atoms with van der Waals surface area (Å²) in [6.07, 6.45) is 1.00. The number of ketones is 1. The Bertz CT molecular complexity index is 623. The molecule has 0 atom stereocenters. The maximum atomic E-state index is 12.2. The van der Waals surface area contributed by atoms with Gasteiger partial charge in [0.25, 0.3) is 0 Å². The number of hydrogen-bond donors (Lipinski definition) is 0. The average molecular weight is 222 g/mol. The molecule has 3 rings (SSSR count). The molecule has 2 aromatic rings. The van der Waals surface area contributed by atoms with Crippen LogP contribution in [0, 0.1) is 6.92 Å². The fourth-order valence-corrected chi connectivity index (χ4v) is 2.46. The van der Waals surface area contributed by atoms with Crippen molar-refractivity contribution in [3.05, 3.63) is 58.7 Å². The third kappa shape index (κ3) is 1.42. The van der Waals surface area contributed by atoms with Crippen LogP contribution >= 0.6 is 0 Å². The fraction of sp³-hybridized carbons (Fsp3) is 0.188. The molecule has 1 heteroatoms. The number of carbonyl (C=O) groups is 1. The Morgan fingerprint density at radius 1 is 0.882 bits per heavy atom. The minimum Gasteiger partial charge on any atom is -0.289 e. The van der Waals surface area contributed by atoms with Crippen LogP contribution in [0.4, 0.5) is 0 Å². The SMILES string of the molecule is CCc1ccc2c(c1)-c1cc(C)ccc1C2=O.